The fourth-order valence-corrected chi connectivity index (χ4v) is 2.48. The van der Waals surface area contributed by atoms with Crippen LogP contribution in [0.2, 0.25) is 0 Å². The minimum absolute atomic E-state index is 0.00859. The fourth-order valence-electron chi connectivity index (χ4n) is 2.48. The van der Waals surface area contributed by atoms with Crippen molar-refractivity contribution in [1.29, 1.82) is 0 Å². The third kappa shape index (κ3) is 2.42. The third-order valence-electron chi connectivity index (χ3n) is 3.46. The molecule has 0 bridgehead atoms. The Labute approximate surface area is 115 Å². The van der Waals surface area contributed by atoms with E-state index in [1.54, 1.807) is 0 Å². The molecule has 0 saturated carbocycles. The molecule has 0 amide bonds. The molecule has 1 aliphatic heterocycles. The van der Waals surface area contributed by atoms with Crippen molar-refractivity contribution >= 4 is 22.3 Å². The second kappa shape index (κ2) is 5.42. The molecule has 1 aliphatic rings. The SMILES string of the molecule is O=[N+]([O-])c1cnc2ccccc2c1NC1CCCOC1. The van der Waals surface area contributed by atoms with Gasteiger partial charge in [0.05, 0.1) is 17.0 Å². The number of nitrogens with one attached hydrogen (secondary N) is 1. The van der Waals surface area contributed by atoms with Crippen molar-refractivity contribution in [1.82, 2.24) is 4.98 Å². The summed E-state index contributed by atoms with van der Waals surface area (Å²) in [6, 6.07) is 7.53. The molecular weight excluding hydrogens is 258 g/mol. The second-order valence-corrected chi connectivity index (χ2v) is 4.85. The molecule has 1 N–H and O–H groups in total. The number of ether oxygens (including phenoxy) is 1. The van der Waals surface area contributed by atoms with Gasteiger partial charge in [-0.15, -0.1) is 0 Å². The van der Waals surface area contributed by atoms with Crippen molar-refractivity contribution in [3.8, 4) is 0 Å². The van der Waals surface area contributed by atoms with Crippen LogP contribution in [0.4, 0.5) is 11.4 Å². The number of nitro groups is 1. The Morgan fingerprint density at radius 1 is 1.40 bits per heavy atom. The Kier molecular flexibility index (Phi) is 3.47. The minimum Gasteiger partial charge on any atom is -0.379 e. The standard InChI is InChI=1S/C14H15N3O3/c18-17(19)13-8-15-12-6-2-1-5-11(12)14(13)16-10-4-3-7-20-9-10/h1-2,5-6,8,10H,3-4,7,9H2,(H,15,16). The zero-order valence-corrected chi connectivity index (χ0v) is 10.9. The quantitative estimate of drug-likeness (QED) is 0.687. The Balaban J connectivity index is 2.04. The first-order valence-corrected chi connectivity index (χ1v) is 6.62. The van der Waals surface area contributed by atoms with E-state index in [4.69, 9.17) is 4.74 Å². The molecule has 0 spiro atoms. The number of pyridine rings is 1. The summed E-state index contributed by atoms with van der Waals surface area (Å²) in [6.07, 6.45) is 3.23. The maximum atomic E-state index is 11.2. The highest BCUT2D eigenvalue weighted by Gasteiger charge is 2.22. The lowest BCUT2D eigenvalue weighted by Crippen LogP contribution is -2.30. The fraction of sp³-hybridized carbons (Fsp3) is 0.357. The number of fused-ring (bicyclic) bond motifs is 1. The highest BCUT2D eigenvalue weighted by Crippen LogP contribution is 2.32. The van der Waals surface area contributed by atoms with Gasteiger partial charge in [-0.2, -0.15) is 0 Å². The van der Waals surface area contributed by atoms with E-state index in [0.717, 1.165) is 30.4 Å². The van der Waals surface area contributed by atoms with E-state index < -0.39 is 4.92 Å². The van der Waals surface area contributed by atoms with Crippen molar-refractivity contribution in [2.75, 3.05) is 18.5 Å². The Hall–Kier alpha value is -2.21. The van der Waals surface area contributed by atoms with Crippen molar-refractivity contribution in [3.63, 3.8) is 0 Å². The van der Waals surface area contributed by atoms with Crippen LogP contribution in [0.3, 0.4) is 0 Å². The number of aromatic nitrogens is 1. The van der Waals surface area contributed by atoms with Gasteiger partial charge in [-0.25, -0.2) is 4.98 Å². The van der Waals surface area contributed by atoms with Gasteiger partial charge in [0.1, 0.15) is 11.9 Å². The zero-order valence-electron chi connectivity index (χ0n) is 10.9. The summed E-state index contributed by atoms with van der Waals surface area (Å²) in [6.45, 7) is 1.34. The molecule has 0 radical (unpaired) electrons. The van der Waals surface area contributed by atoms with Gasteiger partial charge in [0.25, 0.3) is 0 Å². The Morgan fingerprint density at radius 3 is 3.00 bits per heavy atom. The predicted octanol–water partition coefficient (Wildman–Crippen LogP) is 2.73. The zero-order chi connectivity index (χ0) is 13.9. The van der Waals surface area contributed by atoms with Gasteiger partial charge in [-0.05, 0) is 18.9 Å². The monoisotopic (exact) mass is 273 g/mol. The number of hydrogen-bond acceptors (Lipinski definition) is 5. The van der Waals surface area contributed by atoms with E-state index in [0.29, 0.717) is 12.3 Å². The summed E-state index contributed by atoms with van der Waals surface area (Å²) < 4.78 is 5.42. The van der Waals surface area contributed by atoms with Crippen LogP contribution in [-0.4, -0.2) is 29.2 Å². The summed E-state index contributed by atoms with van der Waals surface area (Å²) in [5.74, 6) is 0. The summed E-state index contributed by atoms with van der Waals surface area (Å²) in [5.41, 5.74) is 1.29. The van der Waals surface area contributed by atoms with Crippen LogP contribution >= 0.6 is 0 Å². The molecule has 6 nitrogen and oxygen atoms in total. The molecule has 20 heavy (non-hydrogen) atoms. The molecule has 1 aromatic heterocycles. The first-order valence-electron chi connectivity index (χ1n) is 6.62. The molecule has 1 fully saturated rings. The van der Waals surface area contributed by atoms with Gasteiger partial charge in [0, 0.05) is 18.0 Å². The number of hydrogen-bond donors (Lipinski definition) is 1. The van der Waals surface area contributed by atoms with Crippen LogP contribution in [0.25, 0.3) is 10.9 Å². The average Bonchev–Trinajstić information content (AvgIpc) is 2.48. The molecule has 1 saturated heterocycles. The normalized spacial score (nSPS) is 18.9. The maximum absolute atomic E-state index is 11.2. The van der Waals surface area contributed by atoms with Gasteiger partial charge in [-0.3, -0.25) is 10.1 Å². The van der Waals surface area contributed by atoms with Crippen molar-refractivity contribution < 1.29 is 9.66 Å². The van der Waals surface area contributed by atoms with Crippen LogP contribution in [0.5, 0.6) is 0 Å². The van der Waals surface area contributed by atoms with Crippen LogP contribution in [-0.2, 0) is 4.74 Å². The summed E-state index contributed by atoms with van der Waals surface area (Å²) >= 11 is 0. The summed E-state index contributed by atoms with van der Waals surface area (Å²) in [7, 11) is 0. The average molecular weight is 273 g/mol. The molecule has 1 atom stereocenters. The molecule has 6 heteroatoms. The molecule has 104 valence electrons. The molecule has 2 heterocycles. The van der Waals surface area contributed by atoms with Crippen molar-refractivity contribution in [2.45, 2.75) is 18.9 Å². The third-order valence-corrected chi connectivity index (χ3v) is 3.46. The van der Waals surface area contributed by atoms with Crippen LogP contribution < -0.4 is 5.32 Å². The van der Waals surface area contributed by atoms with Gasteiger partial charge in [0.15, 0.2) is 0 Å². The topological polar surface area (TPSA) is 77.3 Å². The van der Waals surface area contributed by atoms with Gasteiger partial charge >= 0.3 is 5.69 Å². The van der Waals surface area contributed by atoms with Gasteiger partial charge < -0.3 is 10.1 Å². The lowest BCUT2D eigenvalue weighted by Gasteiger charge is -2.24. The van der Waals surface area contributed by atoms with Crippen molar-refractivity contribution in [3.05, 3.63) is 40.6 Å². The Bertz CT molecular complexity index is 639. The Morgan fingerprint density at radius 2 is 2.25 bits per heavy atom. The second-order valence-electron chi connectivity index (χ2n) is 4.85. The summed E-state index contributed by atoms with van der Waals surface area (Å²) in [5, 5.41) is 15.2. The molecule has 0 aliphatic carbocycles. The molecular formula is C14H15N3O3. The lowest BCUT2D eigenvalue weighted by atomic mass is 10.1. The van der Waals surface area contributed by atoms with E-state index in [1.807, 2.05) is 24.3 Å². The van der Waals surface area contributed by atoms with E-state index in [9.17, 15) is 10.1 Å². The first-order chi connectivity index (χ1) is 9.75. The van der Waals surface area contributed by atoms with Crippen molar-refractivity contribution in [2.24, 2.45) is 0 Å². The number of nitrogens with zero attached hydrogens (tertiary/aromatic N) is 2. The molecule has 3 rings (SSSR count). The molecule has 1 unspecified atom stereocenters. The first kappa shape index (κ1) is 12.8. The largest absolute Gasteiger partial charge is 0.379 e. The number of rotatable bonds is 3. The van der Waals surface area contributed by atoms with E-state index in [2.05, 4.69) is 10.3 Å². The highest BCUT2D eigenvalue weighted by molar-refractivity contribution is 5.95. The molecule has 2 aromatic rings. The number of para-hydroxylation sites is 1. The maximum Gasteiger partial charge on any atom is 0.311 e. The number of anilines is 1. The van der Waals surface area contributed by atoms with E-state index in [1.165, 1.54) is 6.20 Å². The van der Waals surface area contributed by atoms with Crippen LogP contribution in [0, 0.1) is 10.1 Å². The predicted molar refractivity (Wildman–Crippen MR) is 75.9 cm³/mol. The van der Waals surface area contributed by atoms with E-state index >= 15 is 0 Å². The van der Waals surface area contributed by atoms with Crippen LogP contribution in [0.15, 0.2) is 30.5 Å². The number of benzene rings is 1. The smallest absolute Gasteiger partial charge is 0.311 e. The van der Waals surface area contributed by atoms with Gasteiger partial charge in [-0.1, -0.05) is 18.2 Å². The van der Waals surface area contributed by atoms with Crippen LogP contribution in [0.1, 0.15) is 12.8 Å². The molecule has 1 aromatic carbocycles. The summed E-state index contributed by atoms with van der Waals surface area (Å²) in [4.78, 5) is 14.9. The lowest BCUT2D eigenvalue weighted by molar-refractivity contribution is -0.384. The minimum atomic E-state index is -0.397. The van der Waals surface area contributed by atoms with Gasteiger partial charge in [0.2, 0.25) is 0 Å². The van der Waals surface area contributed by atoms with E-state index in [-0.39, 0.29) is 11.7 Å². The highest BCUT2D eigenvalue weighted by atomic mass is 16.6.